The van der Waals surface area contributed by atoms with E-state index in [0.29, 0.717) is 23.4 Å². The molecule has 0 radical (unpaired) electrons. The summed E-state index contributed by atoms with van der Waals surface area (Å²) in [5, 5.41) is 0. The fourth-order valence-corrected chi connectivity index (χ4v) is 3.34. The average Bonchev–Trinajstić information content (AvgIpc) is 2.36. The quantitative estimate of drug-likeness (QED) is 0.862. The summed E-state index contributed by atoms with van der Waals surface area (Å²) in [4.78, 5) is 19.2. The van der Waals surface area contributed by atoms with Crippen LogP contribution in [0.5, 0.6) is 0 Å². The Bertz CT molecular complexity index is 425. The molecule has 0 saturated carbocycles. The van der Waals surface area contributed by atoms with E-state index in [1.165, 1.54) is 18.2 Å². The van der Waals surface area contributed by atoms with Gasteiger partial charge in [0.25, 0.3) is 0 Å². The van der Waals surface area contributed by atoms with Crippen molar-refractivity contribution in [1.29, 1.82) is 0 Å². The number of hydrogen-bond donors (Lipinski definition) is 1. The summed E-state index contributed by atoms with van der Waals surface area (Å²) < 4.78 is 0. The largest absolute Gasteiger partial charge is 0.384 e. The van der Waals surface area contributed by atoms with Crippen molar-refractivity contribution in [3.05, 3.63) is 18.3 Å². The second-order valence-electron chi connectivity index (χ2n) is 5.45. The number of hydrogen-bond acceptors (Lipinski definition) is 4. The summed E-state index contributed by atoms with van der Waals surface area (Å²) in [6, 6.07) is 3.67. The van der Waals surface area contributed by atoms with Gasteiger partial charge in [0.1, 0.15) is 5.82 Å². The Balaban J connectivity index is 1.85. The number of amides is 1. The van der Waals surface area contributed by atoms with Crippen LogP contribution in [-0.2, 0) is 4.79 Å². The second-order valence-corrected chi connectivity index (χ2v) is 6.50. The van der Waals surface area contributed by atoms with Crippen molar-refractivity contribution >= 4 is 23.5 Å². The van der Waals surface area contributed by atoms with Gasteiger partial charge >= 0.3 is 0 Å². The lowest BCUT2D eigenvalue weighted by atomic mass is 9.92. The van der Waals surface area contributed by atoms with Crippen LogP contribution in [0.3, 0.4) is 0 Å². The molecule has 2 N–H and O–H groups in total. The number of rotatable bonds is 3. The lowest BCUT2D eigenvalue weighted by molar-refractivity contribution is -0.130. The van der Waals surface area contributed by atoms with Crippen LogP contribution < -0.4 is 5.73 Å². The number of aromatic nitrogens is 1. The molecule has 1 fully saturated rings. The Labute approximate surface area is 118 Å². The summed E-state index contributed by atoms with van der Waals surface area (Å²) in [6.07, 6.45) is 2.94. The smallest absolute Gasteiger partial charge is 0.232 e. The van der Waals surface area contributed by atoms with Crippen LogP contribution in [0.15, 0.2) is 23.2 Å². The molecule has 2 unspecified atom stereocenters. The van der Waals surface area contributed by atoms with Crippen LogP contribution >= 0.6 is 11.8 Å². The number of nitrogen functional groups attached to an aromatic ring is 1. The summed E-state index contributed by atoms with van der Waals surface area (Å²) in [5.41, 5.74) is 5.53. The molecule has 1 aromatic heterocycles. The number of thioether (sulfide) groups is 1. The predicted octanol–water partition coefficient (Wildman–Crippen LogP) is 2.26. The Morgan fingerprint density at radius 3 is 2.68 bits per heavy atom. The molecule has 1 aliphatic rings. The Morgan fingerprint density at radius 2 is 2.11 bits per heavy atom. The van der Waals surface area contributed by atoms with Gasteiger partial charge in [0, 0.05) is 24.2 Å². The third-order valence-corrected chi connectivity index (χ3v) is 4.31. The number of carbonyl (C=O) groups excluding carboxylic acids is 1. The van der Waals surface area contributed by atoms with E-state index >= 15 is 0 Å². The van der Waals surface area contributed by atoms with Gasteiger partial charge in [-0.05, 0) is 30.4 Å². The number of anilines is 1. The van der Waals surface area contributed by atoms with Crippen LogP contribution in [-0.4, -0.2) is 34.6 Å². The molecule has 0 aromatic carbocycles. The Morgan fingerprint density at radius 1 is 1.42 bits per heavy atom. The minimum Gasteiger partial charge on any atom is -0.384 e. The second kappa shape index (κ2) is 6.28. The monoisotopic (exact) mass is 279 g/mol. The molecule has 0 bridgehead atoms. The third kappa shape index (κ3) is 4.13. The van der Waals surface area contributed by atoms with E-state index in [-0.39, 0.29) is 5.91 Å². The highest BCUT2D eigenvalue weighted by atomic mass is 32.2. The fourth-order valence-electron chi connectivity index (χ4n) is 2.58. The number of pyridine rings is 1. The molecule has 104 valence electrons. The van der Waals surface area contributed by atoms with E-state index in [0.717, 1.165) is 18.0 Å². The van der Waals surface area contributed by atoms with Gasteiger partial charge in [-0.1, -0.05) is 13.8 Å². The highest BCUT2D eigenvalue weighted by molar-refractivity contribution is 8.00. The van der Waals surface area contributed by atoms with Gasteiger partial charge in [-0.25, -0.2) is 4.98 Å². The van der Waals surface area contributed by atoms with E-state index < -0.39 is 0 Å². The normalized spacial score (nSPS) is 23.4. The zero-order valence-electron chi connectivity index (χ0n) is 11.5. The van der Waals surface area contributed by atoms with Gasteiger partial charge in [-0.15, -0.1) is 11.8 Å². The standard InChI is InChI=1S/C14H21N3OS/c1-10-5-11(2)8-17(7-10)14(18)9-19-12-3-4-13(15)16-6-12/h3-4,6,10-11H,5,7-9H2,1-2H3,(H2,15,16). The van der Waals surface area contributed by atoms with Crippen molar-refractivity contribution in [2.24, 2.45) is 11.8 Å². The van der Waals surface area contributed by atoms with Crippen molar-refractivity contribution < 1.29 is 4.79 Å². The predicted molar refractivity (Wildman–Crippen MR) is 78.9 cm³/mol. The van der Waals surface area contributed by atoms with Crippen molar-refractivity contribution in [1.82, 2.24) is 9.88 Å². The number of carbonyl (C=O) groups is 1. The zero-order chi connectivity index (χ0) is 13.8. The molecule has 4 nitrogen and oxygen atoms in total. The molecule has 1 aromatic rings. The lowest BCUT2D eigenvalue weighted by Gasteiger charge is -2.35. The summed E-state index contributed by atoms with van der Waals surface area (Å²) in [7, 11) is 0. The van der Waals surface area contributed by atoms with Crippen molar-refractivity contribution in [3.8, 4) is 0 Å². The minimum absolute atomic E-state index is 0.222. The van der Waals surface area contributed by atoms with E-state index in [9.17, 15) is 4.79 Å². The highest BCUT2D eigenvalue weighted by Gasteiger charge is 2.25. The summed E-state index contributed by atoms with van der Waals surface area (Å²) >= 11 is 1.52. The van der Waals surface area contributed by atoms with E-state index in [1.807, 2.05) is 11.0 Å². The Kier molecular flexibility index (Phi) is 4.69. The Hall–Kier alpha value is -1.23. The maximum atomic E-state index is 12.2. The molecule has 2 heterocycles. The van der Waals surface area contributed by atoms with Crippen molar-refractivity contribution in [2.75, 3.05) is 24.6 Å². The maximum Gasteiger partial charge on any atom is 0.232 e. The van der Waals surface area contributed by atoms with Gasteiger partial charge < -0.3 is 10.6 Å². The molecular weight excluding hydrogens is 258 g/mol. The van der Waals surface area contributed by atoms with Gasteiger partial charge in [-0.2, -0.15) is 0 Å². The van der Waals surface area contributed by atoms with Crippen LogP contribution in [0.25, 0.3) is 0 Å². The van der Waals surface area contributed by atoms with Crippen LogP contribution in [0.4, 0.5) is 5.82 Å². The minimum atomic E-state index is 0.222. The molecule has 0 aliphatic carbocycles. The number of nitrogens with zero attached hydrogens (tertiary/aromatic N) is 2. The number of likely N-dealkylation sites (tertiary alicyclic amines) is 1. The van der Waals surface area contributed by atoms with Crippen LogP contribution in [0.1, 0.15) is 20.3 Å². The third-order valence-electron chi connectivity index (χ3n) is 3.34. The molecule has 19 heavy (non-hydrogen) atoms. The number of piperidine rings is 1. The van der Waals surface area contributed by atoms with Crippen molar-refractivity contribution in [3.63, 3.8) is 0 Å². The maximum absolute atomic E-state index is 12.2. The lowest BCUT2D eigenvalue weighted by Crippen LogP contribution is -2.43. The van der Waals surface area contributed by atoms with E-state index in [1.54, 1.807) is 12.3 Å². The molecule has 1 saturated heterocycles. The van der Waals surface area contributed by atoms with E-state index in [4.69, 9.17) is 5.73 Å². The summed E-state index contributed by atoms with van der Waals surface area (Å²) in [5.74, 6) is 2.42. The molecular formula is C14H21N3OS. The molecule has 1 aliphatic heterocycles. The van der Waals surface area contributed by atoms with E-state index in [2.05, 4.69) is 18.8 Å². The summed E-state index contributed by atoms with van der Waals surface area (Å²) in [6.45, 7) is 6.22. The first-order valence-electron chi connectivity index (χ1n) is 6.66. The van der Waals surface area contributed by atoms with Gasteiger partial charge in [0.2, 0.25) is 5.91 Å². The first-order valence-corrected chi connectivity index (χ1v) is 7.65. The zero-order valence-corrected chi connectivity index (χ0v) is 12.3. The van der Waals surface area contributed by atoms with Gasteiger partial charge in [0.15, 0.2) is 0 Å². The number of nitrogens with two attached hydrogens (primary N) is 1. The first-order chi connectivity index (χ1) is 9.04. The molecule has 1 amide bonds. The SMILES string of the molecule is CC1CC(C)CN(C(=O)CSc2ccc(N)nc2)C1. The molecule has 0 spiro atoms. The molecule has 5 heteroatoms. The van der Waals surface area contributed by atoms with Crippen molar-refractivity contribution in [2.45, 2.75) is 25.2 Å². The molecule has 2 atom stereocenters. The van der Waals surface area contributed by atoms with Crippen LogP contribution in [0, 0.1) is 11.8 Å². The topological polar surface area (TPSA) is 59.2 Å². The van der Waals surface area contributed by atoms with Gasteiger partial charge in [0.05, 0.1) is 5.75 Å². The fraction of sp³-hybridized carbons (Fsp3) is 0.571. The molecule has 2 rings (SSSR count). The van der Waals surface area contributed by atoms with Gasteiger partial charge in [-0.3, -0.25) is 4.79 Å². The highest BCUT2D eigenvalue weighted by Crippen LogP contribution is 2.23. The van der Waals surface area contributed by atoms with Crippen LogP contribution in [0.2, 0.25) is 0 Å². The average molecular weight is 279 g/mol. The first kappa shape index (κ1) is 14.2.